The van der Waals surface area contributed by atoms with Gasteiger partial charge in [-0.25, -0.2) is 4.98 Å². The number of aromatic nitrogens is 1. The molecule has 24 heavy (non-hydrogen) atoms. The van der Waals surface area contributed by atoms with Crippen molar-refractivity contribution in [2.75, 3.05) is 23.1 Å². The molecule has 0 unspecified atom stereocenters. The van der Waals surface area contributed by atoms with Crippen molar-refractivity contribution in [1.82, 2.24) is 14.8 Å². The Kier molecular flexibility index (Phi) is 3.98. The van der Waals surface area contributed by atoms with Crippen LogP contribution in [0.15, 0.2) is 43.0 Å². The van der Waals surface area contributed by atoms with Crippen LogP contribution < -0.4 is 9.80 Å². The van der Waals surface area contributed by atoms with Crippen molar-refractivity contribution in [3.8, 4) is 0 Å². The Morgan fingerprint density at radius 3 is 1.46 bits per heavy atom. The molecule has 3 heterocycles. The average Bonchev–Trinajstić information content (AvgIpc) is 3.16. The topological polar surface area (TPSA) is 25.9 Å². The Balaban J connectivity index is 1.73. The summed E-state index contributed by atoms with van der Waals surface area (Å²) in [5.74, 6) is 1.97. The first-order chi connectivity index (χ1) is 11.1. The molecule has 130 valence electrons. The van der Waals surface area contributed by atoms with E-state index in [1.807, 2.05) is 0 Å². The van der Waals surface area contributed by atoms with Crippen LogP contribution in [0.4, 0.5) is 11.6 Å². The number of nitrogens with zero attached hydrogens (tertiary/aromatic N) is 5. The molecule has 2 aliphatic rings. The predicted octanol–water partition coefficient (Wildman–Crippen LogP) is 3.78. The zero-order valence-electron chi connectivity index (χ0n) is 15.7. The highest BCUT2D eigenvalue weighted by Gasteiger charge is 2.26. The molecule has 1 aromatic rings. The van der Waals surface area contributed by atoms with Crippen LogP contribution in [0, 0.1) is 0 Å². The monoisotopic (exact) mass is 327 g/mol. The van der Waals surface area contributed by atoms with Gasteiger partial charge in [-0.3, -0.25) is 0 Å². The summed E-state index contributed by atoms with van der Waals surface area (Å²) in [5, 5.41) is 0. The lowest BCUT2D eigenvalue weighted by molar-refractivity contribution is 0.222. The van der Waals surface area contributed by atoms with Crippen LogP contribution >= 0.6 is 0 Å². The summed E-state index contributed by atoms with van der Waals surface area (Å²) in [4.78, 5) is 13.9. The van der Waals surface area contributed by atoms with E-state index in [0.29, 0.717) is 0 Å². The molecule has 2 aliphatic heterocycles. The molecule has 0 atom stereocenters. The van der Waals surface area contributed by atoms with E-state index in [0.717, 1.165) is 25.0 Å². The smallest absolute Gasteiger partial charge is 0.136 e. The van der Waals surface area contributed by atoms with Crippen LogP contribution in [0.25, 0.3) is 0 Å². The third kappa shape index (κ3) is 3.35. The van der Waals surface area contributed by atoms with Gasteiger partial charge in [0.1, 0.15) is 11.6 Å². The fourth-order valence-corrected chi connectivity index (χ4v) is 2.74. The number of hydrogen-bond donors (Lipinski definition) is 0. The highest BCUT2D eigenvalue weighted by Crippen LogP contribution is 2.27. The molecule has 1 aromatic heterocycles. The SMILES string of the molecule is CC(C)(C)N1C=CN(c2cccc(N3C=CN(C(C)(C)C)C3)n2)C1. The minimum atomic E-state index is 0.119. The van der Waals surface area contributed by atoms with Gasteiger partial charge in [0, 0.05) is 35.9 Å². The minimum Gasteiger partial charge on any atom is -0.353 e. The molecule has 0 radical (unpaired) electrons. The van der Waals surface area contributed by atoms with Crippen molar-refractivity contribution in [1.29, 1.82) is 0 Å². The lowest BCUT2D eigenvalue weighted by Crippen LogP contribution is -2.40. The van der Waals surface area contributed by atoms with E-state index < -0.39 is 0 Å². The van der Waals surface area contributed by atoms with E-state index in [-0.39, 0.29) is 11.1 Å². The molecule has 0 amide bonds. The number of anilines is 2. The predicted molar refractivity (Wildman–Crippen MR) is 100 cm³/mol. The van der Waals surface area contributed by atoms with Crippen molar-refractivity contribution in [3.63, 3.8) is 0 Å². The highest BCUT2D eigenvalue weighted by atomic mass is 15.4. The summed E-state index contributed by atoms with van der Waals surface area (Å²) < 4.78 is 0. The van der Waals surface area contributed by atoms with E-state index >= 15 is 0 Å². The van der Waals surface area contributed by atoms with Gasteiger partial charge >= 0.3 is 0 Å². The van der Waals surface area contributed by atoms with Gasteiger partial charge in [-0.15, -0.1) is 0 Å². The van der Waals surface area contributed by atoms with Gasteiger partial charge < -0.3 is 19.6 Å². The maximum atomic E-state index is 4.87. The molecule has 3 rings (SSSR count). The van der Waals surface area contributed by atoms with E-state index in [1.165, 1.54) is 0 Å². The second-order valence-electron chi connectivity index (χ2n) is 8.45. The van der Waals surface area contributed by atoms with Gasteiger partial charge in [-0.1, -0.05) is 6.07 Å². The van der Waals surface area contributed by atoms with Gasteiger partial charge in [0.25, 0.3) is 0 Å². The van der Waals surface area contributed by atoms with E-state index in [1.54, 1.807) is 0 Å². The number of hydrogen-bond acceptors (Lipinski definition) is 5. The molecule has 5 heteroatoms. The summed E-state index contributed by atoms with van der Waals surface area (Å²) in [7, 11) is 0. The zero-order valence-corrected chi connectivity index (χ0v) is 15.7. The first-order valence-electron chi connectivity index (χ1n) is 8.55. The van der Waals surface area contributed by atoms with E-state index in [9.17, 15) is 0 Å². The Morgan fingerprint density at radius 1 is 0.708 bits per heavy atom. The Labute approximate surface area is 145 Å². The summed E-state index contributed by atoms with van der Waals surface area (Å²) in [6, 6.07) is 6.22. The van der Waals surface area contributed by atoms with Crippen molar-refractivity contribution in [2.24, 2.45) is 0 Å². The molecule has 0 N–H and O–H groups in total. The Morgan fingerprint density at radius 2 is 1.12 bits per heavy atom. The molecular formula is C19H29N5. The maximum absolute atomic E-state index is 4.87. The second kappa shape index (κ2) is 5.72. The quantitative estimate of drug-likeness (QED) is 0.823. The van der Waals surface area contributed by atoms with E-state index in [2.05, 4.69) is 104 Å². The van der Waals surface area contributed by atoms with Crippen LogP contribution in [0.1, 0.15) is 41.5 Å². The molecule has 5 nitrogen and oxygen atoms in total. The maximum Gasteiger partial charge on any atom is 0.136 e. The summed E-state index contributed by atoms with van der Waals surface area (Å²) in [5.41, 5.74) is 0.238. The minimum absolute atomic E-state index is 0.119. The molecule has 0 bridgehead atoms. The largest absolute Gasteiger partial charge is 0.353 e. The van der Waals surface area contributed by atoms with Crippen molar-refractivity contribution >= 4 is 11.6 Å². The second-order valence-corrected chi connectivity index (χ2v) is 8.45. The molecule has 0 aromatic carbocycles. The normalized spacial score (nSPS) is 18.2. The van der Waals surface area contributed by atoms with Gasteiger partial charge in [0.05, 0.1) is 13.3 Å². The van der Waals surface area contributed by atoms with Crippen LogP contribution in [0.3, 0.4) is 0 Å². The van der Waals surface area contributed by atoms with Crippen molar-refractivity contribution in [3.05, 3.63) is 43.0 Å². The lowest BCUT2D eigenvalue weighted by atomic mass is 10.1. The Hall–Kier alpha value is -2.17. The molecular weight excluding hydrogens is 298 g/mol. The van der Waals surface area contributed by atoms with Crippen LogP contribution in [0.2, 0.25) is 0 Å². The standard InChI is InChI=1S/C19H29N5/c1-18(2,3)23-12-10-21(14-23)16-8-7-9-17(20-16)22-11-13-24(15-22)19(4,5)6/h7-13H,14-15H2,1-6H3. The third-order valence-electron chi connectivity index (χ3n) is 4.49. The van der Waals surface area contributed by atoms with Crippen molar-refractivity contribution in [2.45, 2.75) is 52.6 Å². The van der Waals surface area contributed by atoms with Gasteiger partial charge in [-0.2, -0.15) is 0 Å². The fraction of sp³-hybridized carbons (Fsp3) is 0.526. The lowest BCUT2D eigenvalue weighted by Gasteiger charge is -2.33. The van der Waals surface area contributed by atoms with Crippen LogP contribution in [-0.2, 0) is 0 Å². The van der Waals surface area contributed by atoms with Gasteiger partial charge in [0.2, 0.25) is 0 Å². The molecule has 0 aliphatic carbocycles. The zero-order chi connectivity index (χ0) is 17.5. The van der Waals surface area contributed by atoms with Gasteiger partial charge in [-0.05, 0) is 53.7 Å². The first-order valence-corrected chi connectivity index (χ1v) is 8.55. The van der Waals surface area contributed by atoms with Crippen LogP contribution in [-0.4, -0.2) is 39.2 Å². The molecule has 0 saturated heterocycles. The van der Waals surface area contributed by atoms with E-state index in [4.69, 9.17) is 4.98 Å². The summed E-state index contributed by atoms with van der Waals surface area (Å²) in [6.45, 7) is 15.0. The number of pyridine rings is 1. The van der Waals surface area contributed by atoms with Crippen molar-refractivity contribution < 1.29 is 0 Å². The highest BCUT2D eigenvalue weighted by molar-refractivity contribution is 5.53. The average molecular weight is 327 g/mol. The van der Waals surface area contributed by atoms with Crippen LogP contribution in [0.5, 0.6) is 0 Å². The summed E-state index contributed by atoms with van der Waals surface area (Å²) >= 11 is 0. The van der Waals surface area contributed by atoms with Gasteiger partial charge in [0.15, 0.2) is 0 Å². The third-order valence-corrected chi connectivity index (χ3v) is 4.49. The molecule has 0 spiro atoms. The fourth-order valence-electron chi connectivity index (χ4n) is 2.74. The summed E-state index contributed by atoms with van der Waals surface area (Å²) in [6.07, 6.45) is 8.51. The first kappa shape index (κ1) is 16.7. The number of rotatable bonds is 2. The molecule has 0 fully saturated rings. The molecule has 0 saturated carbocycles. The Bertz CT molecular complexity index is 597.